The van der Waals surface area contributed by atoms with Crippen molar-refractivity contribution in [3.8, 4) is 6.07 Å². The first-order chi connectivity index (χ1) is 9.37. The minimum absolute atomic E-state index is 0.154. The van der Waals surface area contributed by atoms with Crippen LogP contribution < -0.4 is 4.72 Å². The molecule has 1 N–H and O–H groups in total. The van der Waals surface area contributed by atoms with E-state index >= 15 is 0 Å². The predicted octanol–water partition coefficient (Wildman–Crippen LogP) is 2.77. The molecular formula is C14H14N2O2S2. The van der Waals surface area contributed by atoms with Crippen LogP contribution in [-0.4, -0.2) is 8.42 Å². The molecule has 0 fully saturated rings. The number of hydrogen-bond donors (Lipinski definition) is 1. The number of nitrogens with one attached hydrogen (secondary N) is 1. The van der Waals surface area contributed by atoms with Crippen molar-refractivity contribution in [3.63, 3.8) is 0 Å². The lowest BCUT2D eigenvalue weighted by Gasteiger charge is -2.21. The molecule has 104 valence electrons. The summed E-state index contributed by atoms with van der Waals surface area (Å²) < 4.78 is 27.2. The van der Waals surface area contributed by atoms with Gasteiger partial charge in [-0.15, -0.1) is 11.3 Å². The molecule has 0 unspecified atom stereocenters. The summed E-state index contributed by atoms with van der Waals surface area (Å²) >= 11 is 1.34. The van der Waals surface area contributed by atoms with E-state index in [1.165, 1.54) is 23.5 Å². The van der Waals surface area contributed by atoms with Crippen LogP contribution in [0.3, 0.4) is 0 Å². The van der Waals surface area contributed by atoms with Crippen LogP contribution in [0.5, 0.6) is 0 Å². The average molecular weight is 306 g/mol. The van der Waals surface area contributed by atoms with E-state index in [1.807, 2.05) is 18.4 Å². The summed E-state index contributed by atoms with van der Waals surface area (Å²) in [5.74, 6) is 0. The molecule has 1 heterocycles. The molecule has 0 aliphatic heterocycles. The summed E-state index contributed by atoms with van der Waals surface area (Å²) in [6, 6.07) is 12.1. The van der Waals surface area contributed by atoms with Gasteiger partial charge >= 0.3 is 0 Å². The number of hydrogen-bond acceptors (Lipinski definition) is 4. The topological polar surface area (TPSA) is 70.0 Å². The van der Waals surface area contributed by atoms with Gasteiger partial charge in [-0.1, -0.05) is 23.8 Å². The van der Waals surface area contributed by atoms with Crippen molar-refractivity contribution in [3.05, 3.63) is 52.2 Å². The van der Waals surface area contributed by atoms with Crippen LogP contribution >= 0.6 is 11.3 Å². The number of thiophene rings is 1. The average Bonchev–Trinajstić information content (AvgIpc) is 2.93. The van der Waals surface area contributed by atoms with Crippen molar-refractivity contribution in [2.75, 3.05) is 0 Å². The van der Waals surface area contributed by atoms with E-state index in [0.717, 1.165) is 5.56 Å². The monoisotopic (exact) mass is 306 g/mol. The molecule has 0 radical (unpaired) electrons. The lowest BCUT2D eigenvalue weighted by atomic mass is 10.1. The van der Waals surface area contributed by atoms with Crippen LogP contribution in [-0.2, 0) is 15.6 Å². The highest BCUT2D eigenvalue weighted by Crippen LogP contribution is 2.27. The van der Waals surface area contributed by atoms with Crippen LogP contribution in [0.25, 0.3) is 0 Å². The summed E-state index contributed by atoms with van der Waals surface area (Å²) in [7, 11) is -3.74. The Bertz CT molecular complexity index is 728. The van der Waals surface area contributed by atoms with Crippen molar-refractivity contribution in [1.82, 2.24) is 4.72 Å². The molecule has 20 heavy (non-hydrogen) atoms. The summed E-state index contributed by atoms with van der Waals surface area (Å²) in [5, 5.41) is 11.2. The first kappa shape index (κ1) is 14.7. The van der Waals surface area contributed by atoms with Crippen LogP contribution in [0, 0.1) is 18.3 Å². The first-order valence-corrected chi connectivity index (χ1v) is 8.29. The maximum Gasteiger partial charge on any atom is 0.242 e. The van der Waals surface area contributed by atoms with Gasteiger partial charge in [0.25, 0.3) is 0 Å². The summed E-state index contributed by atoms with van der Waals surface area (Å²) in [6.45, 7) is 3.44. The van der Waals surface area contributed by atoms with Gasteiger partial charge < -0.3 is 0 Å². The van der Waals surface area contributed by atoms with Crippen molar-refractivity contribution in [1.29, 1.82) is 5.26 Å². The van der Waals surface area contributed by atoms with E-state index in [1.54, 1.807) is 31.2 Å². The Morgan fingerprint density at radius 2 is 1.90 bits per heavy atom. The highest BCUT2D eigenvalue weighted by Gasteiger charge is 2.33. The van der Waals surface area contributed by atoms with E-state index in [0.29, 0.717) is 4.88 Å². The number of benzene rings is 1. The Balaban J connectivity index is 2.37. The van der Waals surface area contributed by atoms with E-state index in [2.05, 4.69) is 4.72 Å². The van der Waals surface area contributed by atoms with Gasteiger partial charge in [-0.2, -0.15) is 9.98 Å². The Morgan fingerprint density at radius 1 is 1.25 bits per heavy atom. The van der Waals surface area contributed by atoms with E-state index in [-0.39, 0.29) is 4.90 Å². The van der Waals surface area contributed by atoms with Crippen LogP contribution in [0.15, 0.2) is 46.7 Å². The molecular weight excluding hydrogens is 292 g/mol. The molecule has 0 saturated heterocycles. The normalized spacial score (nSPS) is 14.4. The number of nitriles is 1. The third kappa shape index (κ3) is 2.90. The molecule has 6 heteroatoms. The Kier molecular flexibility index (Phi) is 3.95. The largest absolute Gasteiger partial charge is 0.242 e. The molecule has 1 atom stereocenters. The fraction of sp³-hybridized carbons (Fsp3) is 0.214. The molecule has 1 aromatic carbocycles. The smallest absolute Gasteiger partial charge is 0.207 e. The van der Waals surface area contributed by atoms with Crippen molar-refractivity contribution in [2.24, 2.45) is 0 Å². The summed E-state index contributed by atoms with van der Waals surface area (Å²) in [4.78, 5) is 0.816. The lowest BCUT2D eigenvalue weighted by molar-refractivity contribution is 0.529. The Hall–Kier alpha value is -1.68. The molecule has 2 aromatic rings. The zero-order chi connectivity index (χ0) is 14.8. The molecule has 1 aromatic heterocycles. The number of rotatable bonds is 4. The van der Waals surface area contributed by atoms with Gasteiger partial charge in [0, 0.05) is 4.88 Å². The second-order valence-electron chi connectivity index (χ2n) is 4.63. The fourth-order valence-electron chi connectivity index (χ4n) is 1.74. The third-order valence-corrected chi connectivity index (χ3v) is 5.57. The van der Waals surface area contributed by atoms with Crippen molar-refractivity contribution >= 4 is 21.4 Å². The molecule has 0 bridgehead atoms. The molecule has 0 aliphatic rings. The minimum atomic E-state index is -3.74. The second-order valence-corrected chi connectivity index (χ2v) is 7.26. The van der Waals surface area contributed by atoms with Crippen LogP contribution in [0.2, 0.25) is 0 Å². The van der Waals surface area contributed by atoms with Gasteiger partial charge in [0.2, 0.25) is 10.0 Å². The van der Waals surface area contributed by atoms with Gasteiger partial charge in [-0.3, -0.25) is 0 Å². The molecule has 2 rings (SSSR count). The minimum Gasteiger partial charge on any atom is -0.207 e. The van der Waals surface area contributed by atoms with Crippen molar-refractivity contribution in [2.45, 2.75) is 24.3 Å². The summed E-state index contributed by atoms with van der Waals surface area (Å²) in [5.41, 5.74) is -0.289. The third-order valence-electron chi connectivity index (χ3n) is 2.91. The predicted molar refractivity (Wildman–Crippen MR) is 78.8 cm³/mol. The van der Waals surface area contributed by atoms with Gasteiger partial charge in [0.15, 0.2) is 5.54 Å². The summed E-state index contributed by atoms with van der Waals surface area (Å²) in [6.07, 6.45) is 0. The molecule has 0 spiro atoms. The van der Waals surface area contributed by atoms with E-state index in [4.69, 9.17) is 0 Å². The zero-order valence-corrected chi connectivity index (χ0v) is 12.8. The molecule has 0 saturated carbocycles. The number of nitrogens with zero attached hydrogens (tertiary/aromatic N) is 1. The van der Waals surface area contributed by atoms with Gasteiger partial charge in [0.05, 0.1) is 11.0 Å². The van der Waals surface area contributed by atoms with Gasteiger partial charge in [-0.05, 0) is 37.4 Å². The van der Waals surface area contributed by atoms with E-state index < -0.39 is 15.6 Å². The van der Waals surface area contributed by atoms with Gasteiger partial charge in [-0.25, -0.2) is 8.42 Å². The first-order valence-electron chi connectivity index (χ1n) is 5.93. The zero-order valence-electron chi connectivity index (χ0n) is 11.1. The number of aryl methyl sites for hydroxylation is 1. The van der Waals surface area contributed by atoms with Crippen molar-refractivity contribution < 1.29 is 8.42 Å². The highest BCUT2D eigenvalue weighted by atomic mass is 32.2. The maximum absolute atomic E-state index is 12.4. The molecule has 4 nitrogen and oxygen atoms in total. The second kappa shape index (κ2) is 5.37. The lowest BCUT2D eigenvalue weighted by Crippen LogP contribution is -2.41. The standard InChI is InChI=1S/C14H14N2O2S2/c1-11-5-7-12(8-6-11)20(17,18)16-14(2,10-15)13-4-3-9-19-13/h3-9,16H,1-2H3/t14-/m0/s1. The Labute approximate surface area is 122 Å². The van der Waals surface area contributed by atoms with Gasteiger partial charge in [0.1, 0.15) is 0 Å². The Morgan fingerprint density at radius 3 is 2.40 bits per heavy atom. The number of sulfonamides is 1. The fourth-order valence-corrected chi connectivity index (χ4v) is 3.90. The molecule has 0 aliphatic carbocycles. The van der Waals surface area contributed by atoms with Crippen LogP contribution in [0.1, 0.15) is 17.4 Å². The van der Waals surface area contributed by atoms with E-state index in [9.17, 15) is 13.7 Å². The molecule has 0 amide bonds. The maximum atomic E-state index is 12.4. The quantitative estimate of drug-likeness (QED) is 0.944. The van der Waals surface area contributed by atoms with Crippen LogP contribution in [0.4, 0.5) is 0 Å². The SMILES string of the molecule is Cc1ccc(S(=O)(=O)N[C@@](C)(C#N)c2cccs2)cc1. The highest BCUT2D eigenvalue weighted by molar-refractivity contribution is 7.89.